The van der Waals surface area contributed by atoms with Crippen molar-refractivity contribution in [2.45, 2.75) is 31.4 Å². The van der Waals surface area contributed by atoms with Gasteiger partial charge in [-0.3, -0.25) is 0 Å². The summed E-state index contributed by atoms with van der Waals surface area (Å²) < 4.78 is 5.81. The molecule has 0 radical (unpaired) electrons. The number of rotatable bonds is 2. The summed E-state index contributed by atoms with van der Waals surface area (Å²) in [6.45, 7) is 0. The molecule has 1 saturated carbocycles. The number of aromatic amines is 1. The molecule has 1 aliphatic rings. The van der Waals surface area contributed by atoms with E-state index in [0.29, 0.717) is 11.5 Å². The molecule has 2 atom stereocenters. The molecule has 0 bridgehead atoms. The second-order valence-electron chi connectivity index (χ2n) is 4.03. The fourth-order valence-electron chi connectivity index (χ4n) is 2.08. The highest BCUT2D eigenvalue weighted by Crippen LogP contribution is 2.25. The number of nitrogens with two attached hydrogens (primary N) is 1. The second kappa shape index (κ2) is 3.71. The Kier molecular flexibility index (Phi) is 2.21. The minimum absolute atomic E-state index is 0.0569. The summed E-state index contributed by atoms with van der Waals surface area (Å²) in [6, 6.07) is 0.105. The van der Waals surface area contributed by atoms with Crippen LogP contribution >= 0.6 is 0 Å². The summed E-state index contributed by atoms with van der Waals surface area (Å²) in [5, 5.41) is 0. The first-order chi connectivity index (χ1) is 7.84. The van der Waals surface area contributed by atoms with E-state index in [1.165, 1.54) is 6.33 Å². The standard InChI is InChI=1S/C10H13N5O/c11-6-2-1-3-7(6)16-10-8-9(13-4-12-8)14-5-15-10/h4-7H,1-3,11H2,(H,12,13,14,15). The van der Waals surface area contributed by atoms with Gasteiger partial charge in [-0.05, 0) is 19.3 Å². The van der Waals surface area contributed by atoms with Crippen molar-refractivity contribution < 1.29 is 4.74 Å². The normalized spacial score (nSPS) is 25.1. The van der Waals surface area contributed by atoms with Crippen molar-refractivity contribution in [2.24, 2.45) is 5.73 Å². The van der Waals surface area contributed by atoms with Crippen molar-refractivity contribution >= 4 is 11.2 Å². The molecule has 3 N–H and O–H groups in total. The predicted molar refractivity (Wildman–Crippen MR) is 57.9 cm³/mol. The lowest BCUT2D eigenvalue weighted by atomic mass is 10.2. The lowest BCUT2D eigenvalue weighted by molar-refractivity contribution is 0.186. The molecule has 0 amide bonds. The van der Waals surface area contributed by atoms with Gasteiger partial charge in [-0.2, -0.15) is 4.98 Å². The van der Waals surface area contributed by atoms with Crippen LogP contribution in [0.1, 0.15) is 19.3 Å². The summed E-state index contributed by atoms with van der Waals surface area (Å²) in [6.07, 6.45) is 6.22. The first kappa shape index (κ1) is 9.53. The average Bonchev–Trinajstić information content (AvgIpc) is 2.89. The average molecular weight is 219 g/mol. The smallest absolute Gasteiger partial charge is 0.243 e. The van der Waals surface area contributed by atoms with Gasteiger partial charge in [-0.25, -0.2) is 9.97 Å². The highest BCUT2D eigenvalue weighted by Gasteiger charge is 2.26. The lowest BCUT2D eigenvalue weighted by Gasteiger charge is -2.16. The number of H-pyrrole nitrogens is 1. The molecule has 1 aliphatic carbocycles. The van der Waals surface area contributed by atoms with Crippen LogP contribution < -0.4 is 10.5 Å². The molecule has 0 aromatic carbocycles. The number of imidazole rings is 1. The van der Waals surface area contributed by atoms with Crippen molar-refractivity contribution in [2.75, 3.05) is 0 Å². The van der Waals surface area contributed by atoms with Crippen LogP contribution in [0.2, 0.25) is 0 Å². The van der Waals surface area contributed by atoms with Gasteiger partial charge in [-0.15, -0.1) is 0 Å². The van der Waals surface area contributed by atoms with Crippen LogP contribution in [0.25, 0.3) is 11.2 Å². The molecule has 84 valence electrons. The van der Waals surface area contributed by atoms with Gasteiger partial charge in [-0.1, -0.05) is 0 Å². The van der Waals surface area contributed by atoms with Crippen molar-refractivity contribution in [3.63, 3.8) is 0 Å². The maximum Gasteiger partial charge on any atom is 0.243 e. The van der Waals surface area contributed by atoms with Crippen LogP contribution in [0.5, 0.6) is 5.88 Å². The van der Waals surface area contributed by atoms with Gasteiger partial charge in [0.25, 0.3) is 0 Å². The summed E-state index contributed by atoms with van der Waals surface area (Å²) in [5.74, 6) is 0.546. The first-order valence-electron chi connectivity index (χ1n) is 5.41. The van der Waals surface area contributed by atoms with E-state index in [9.17, 15) is 0 Å². The van der Waals surface area contributed by atoms with Gasteiger partial charge in [0.1, 0.15) is 17.9 Å². The van der Waals surface area contributed by atoms with E-state index < -0.39 is 0 Å². The maximum atomic E-state index is 5.95. The topological polar surface area (TPSA) is 89.7 Å². The van der Waals surface area contributed by atoms with Gasteiger partial charge in [0.2, 0.25) is 5.88 Å². The minimum Gasteiger partial charge on any atom is -0.471 e. The lowest BCUT2D eigenvalue weighted by Crippen LogP contribution is -2.33. The van der Waals surface area contributed by atoms with Gasteiger partial charge < -0.3 is 15.5 Å². The van der Waals surface area contributed by atoms with Gasteiger partial charge in [0, 0.05) is 6.04 Å². The molecule has 0 saturated heterocycles. The molecule has 2 aromatic heterocycles. The summed E-state index contributed by atoms with van der Waals surface area (Å²) in [4.78, 5) is 15.2. The Morgan fingerprint density at radius 1 is 1.31 bits per heavy atom. The molecular formula is C10H13N5O. The number of aromatic nitrogens is 4. The van der Waals surface area contributed by atoms with Gasteiger partial charge >= 0.3 is 0 Å². The monoisotopic (exact) mass is 219 g/mol. The van der Waals surface area contributed by atoms with Crippen molar-refractivity contribution in [1.82, 2.24) is 19.9 Å². The molecule has 16 heavy (non-hydrogen) atoms. The summed E-state index contributed by atoms with van der Waals surface area (Å²) in [5.41, 5.74) is 7.31. The van der Waals surface area contributed by atoms with E-state index in [1.54, 1.807) is 6.33 Å². The predicted octanol–water partition coefficient (Wildman–Crippen LogP) is 0.611. The highest BCUT2D eigenvalue weighted by molar-refractivity contribution is 5.74. The third-order valence-corrected chi connectivity index (χ3v) is 2.95. The fraction of sp³-hybridized carbons (Fsp3) is 0.500. The Hall–Kier alpha value is -1.69. The molecule has 2 unspecified atom stereocenters. The Balaban J connectivity index is 1.91. The molecule has 1 fully saturated rings. The van der Waals surface area contributed by atoms with E-state index in [0.717, 1.165) is 24.8 Å². The van der Waals surface area contributed by atoms with Crippen molar-refractivity contribution in [3.05, 3.63) is 12.7 Å². The zero-order valence-electron chi connectivity index (χ0n) is 8.76. The maximum absolute atomic E-state index is 5.95. The second-order valence-corrected chi connectivity index (χ2v) is 4.03. The fourth-order valence-corrected chi connectivity index (χ4v) is 2.08. The van der Waals surface area contributed by atoms with E-state index in [1.807, 2.05) is 0 Å². The molecule has 2 heterocycles. The Morgan fingerprint density at radius 3 is 3.06 bits per heavy atom. The highest BCUT2D eigenvalue weighted by atomic mass is 16.5. The van der Waals surface area contributed by atoms with Crippen molar-refractivity contribution in [1.29, 1.82) is 0 Å². The van der Waals surface area contributed by atoms with Crippen LogP contribution in [-0.2, 0) is 0 Å². The van der Waals surface area contributed by atoms with Crippen LogP contribution in [0.15, 0.2) is 12.7 Å². The van der Waals surface area contributed by atoms with Crippen molar-refractivity contribution in [3.8, 4) is 5.88 Å². The van der Waals surface area contributed by atoms with E-state index in [2.05, 4.69) is 19.9 Å². The Bertz CT molecular complexity index is 497. The van der Waals surface area contributed by atoms with Crippen LogP contribution in [-0.4, -0.2) is 32.1 Å². The number of hydrogen-bond acceptors (Lipinski definition) is 5. The number of nitrogens with one attached hydrogen (secondary N) is 1. The molecule has 3 rings (SSSR count). The number of fused-ring (bicyclic) bond motifs is 1. The summed E-state index contributed by atoms with van der Waals surface area (Å²) >= 11 is 0. The molecule has 2 aromatic rings. The largest absolute Gasteiger partial charge is 0.471 e. The Morgan fingerprint density at radius 2 is 2.25 bits per heavy atom. The quantitative estimate of drug-likeness (QED) is 0.772. The SMILES string of the molecule is NC1CCCC1Oc1ncnc2nc[nH]c12. The molecule has 0 aliphatic heterocycles. The molecular weight excluding hydrogens is 206 g/mol. The van der Waals surface area contributed by atoms with Crippen LogP contribution in [0, 0.1) is 0 Å². The third-order valence-electron chi connectivity index (χ3n) is 2.95. The van der Waals surface area contributed by atoms with Crippen LogP contribution in [0.4, 0.5) is 0 Å². The number of hydrogen-bond donors (Lipinski definition) is 2. The van der Waals surface area contributed by atoms with Gasteiger partial charge in [0.05, 0.1) is 6.33 Å². The minimum atomic E-state index is 0.0569. The van der Waals surface area contributed by atoms with E-state index in [-0.39, 0.29) is 12.1 Å². The first-order valence-corrected chi connectivity index (χ1v) is 5.41. The Labute approximate surface area is 92.3 Å². The molecule has 6 nitrogen and oxygen atoms in total. The van der Waals surface area contributed by atoms with E-state index >= 15 is 0 Å². The van der Waals surface area contributed by atoms with Gasteiger partial charge in [0.15, 0.2) is 5.65 Å². The van der Waals surface area contributed by atoms with Crippen LogP contribution in [0.3, 0.4) is 0 Å². The molecule has 6 heteroatoms. The van der Waals surface area contributed by atoms with E-state index in [4.69, 9.17) is 10.5 Å². The third kappa shape index (κ3) is 1.51. The molecule has 0 spiro atoms. The number of ether oxygens (including phenoxy) is 1. The zero-order chi connectivity index (χ0) is 11.0. The summed E-state index contributed by atoms with van der Waals surface area (Å²) in [7, 11) is 0. The zero-order valence-corrected chi connectivity index (χ0v) is 8.76. The number of nitrogens with zero attached hydrogens (tertiary/aromatic N) is 3.